The molecule has 7 nitrogen and oxygen atoms in total. The van der Waals surface area contributed by atoms with Crippen LogP contribution in [0, 0.1) is 0 Å². The minimum Gasteiger partial charge on any atom is -0.383 e. The van der Waals surface area contributed by atoms with Gasteiger partial charge in [-0.25, -0.2) is 13.4 Å². The molecule has 29 heavy (non-hydrogen) atoms. The van der Waals surface area contributed by atoms with E-state index in [1.165, 1.54) is 6.42 Å². The molecule has 1 aliphatic heterocycles. The number of likely N-dealkylation sites (N-methyl/N-ethyl adjacent to an activating group) is 1. The van der Waals surface area contributed by atoms with Gasteiger partial charge in [0.05, 0.1) is 29.9 Å². The van der Waals surface area contributed by atoms with Gasteiger partial charge in [0, 0.05) is 33.4 Å². The van der Waals surface area contributed by atoms with E-state index in [-0.39, 0.29) is 16.5 Å². The summed E-state index contributed by atoms with van der Waals surface area (Å²) in [6.45, 7) is 3.30. The molecule has 2 aliphatic rings. The quantitative estimate of drug-likeness (QED) is 0.564. The number of methoxy groups -OCH3 is 1. The Balaban J connectivity index is 1.76. The van der Waals surface area contributed by atoms with Crippen LogP contribution in [0.15, 0.2) is 11.4 Å². The summed E-state index contributed by atoms with van der Waals surface area (Å²) in [5, 5.41) is -0.0892. The summed E-state index contributed by atoms with van der Waals surface area (Å²) >= 11 is 0. The zero-order valence-corrected chi connectivity index (χ0v) is 18.8. The first-order valence-electron chi connectivity index (χ1n) is 11.1. The Morgan fingerprint density at radius 1 is 1.17 bits per heavy atom. The molecular formula is C21H37N3O4S. The highest BCUT2D eigenvalue weighted by molar-refractivity contribution is 7.91. The van der Waals surface area contributed by atoms with Crippen LogP contribution < -0.4 is 0 Å². The SMILES string of the molecule is COCCn1c(CN(C)CC2CCCCO2)cnc1S(=O)(=O)C1CCCCCC1. The maximum Gasteiger partial charge on any atom is 0.228 e. The third-order valence-electron chi connectivity index (χ3n) is 6.14. The van der Waals surface area contributed by atoms with E-state index in [9.17, 15) is 8.42 Å². The number of ether oxygens (including phenoxy) is 2. The normalized spacial score (nSPS) is 22.1. The van der Waals surface area contributed by atoms with Crippen LogP contribution in [0.2, 0.25) is 0 Å². The first-order chi connectivity index (χ1) is 14.0. The highest BCUT2D eigenvalue weighted by Gasteiger charge is 2.33. The topological polar surface area (TPSA) is 73.7 Å². The molecule has 2 heterocycles. The molecular weight excluding hydrogens is 390 g/mol. The van der Waals surface area contributed by atoms with Gasteiger partial charge in [-0.1, -0.05) is 25.7 Å². The Bertz CT molecular complexity index is 720. The lowest BCUT2D eigenvalue weighted by molar-refractivity contribution is -0.00294. The molecule has 1 saturated heterocycles. The van der Waals surface area contributed by atoms with Gasteiger partial charge in [0.25, 0.3) is 0 Å². The van der Waals surface area contributed by atoms with Crippen molar-refractivity contribution in [2.24, 2.45) is 0 Å². The van der Waals surface area contributed by atoms with Gasteiger partial charge in [0.2, 0.25) is 15.0 Å². The van der Waals surface area contributed by atoms with E-state index >= 15 is 0 Å². The summed E-state index contributed by atoms with van der Waals surface area (Å²) in [4.78, 5) is 6.61. The molecule has 0 N–H and O–H groups in total. The number of hydrogen-bond donors (Lipinski definition) is 0. The van der Waals surface area contributed by atoms with Crippen molar-refractivity contribution in [2.45, 2.75) is 87.4 Å². The smallest absolute Gasteiger partial charge is 0.228 e. The van der Waals surface area contributed by atoms with Gasteiger partial charge in [-0.05, 0) is 39.2 Å². The molecule has 0 radical (unpaired) electrons. The third kappa shape index (κ3) is 6.03. The largest absolute Gasteiger partial charge is 0.383 e. The summed E-state index contributed by atoms with van der Waals surface area (Å²) in [7, 11) is 0.267. The highest BCUT2D eigenvalue weighted by Crippen LogP contribution is 2.28. The molecule has 0 aromatic carbocycles. The fourth-order valence-corrected chi connectivity index (χ4v) is 6.48. The molecule has 8 heteroatoms. The number of rotatable bonds is 9. The number of imidazole rings is 1. The average molecular weight is 428 g/mol. The van der Waals surface area contributed by atoms with Crippen LogP contribution in [0.4, 0.5) is 0 Å². The summed E-state index contributed by atoms with van der Waals surface area (Å²) in [5.41, 5.74) is 0.924. The van der Waals surface area contributed by atoms with Crippen molar-refractivity contribution in [2.75, 3.05) is 33.9 Å². The van der Waals surface area contributed by atoms with Crippen molar-refractivity contribution < 1.29 is 17.9 Å². The van der Waals surface area contributed by atoms with Crippen LogP contribution in [0.5, 0.6) is 0 Å². The first kappa shape index (κ1) is 22.7. The van der Waals surface area contributed by atoms with Crippen molar-refractivity contribution >= 4 is 9.84 Å². The minimum atomic E-state index is -3.44. The standard InChI is InChI=1S/C21H37N3O4S/c1-23(17-19-9-7-8-13-28-19)16-18-15-22-21(24(18)12-14-27-2)29(25,26)20-10-5-3-4-6-11-20/h15,19-20H,3-14,16-17H2,1-2H3. The van der Waals surface area contributed by atoms with Crippen LogP contribution in [0.1, 0.15) is 63.5 Å². The average Bonchev–Trinajstić information content (AvgIpc) is 2.91. The van der Waals surface area contributed by atoms with Crippen molar-refractivity contribution in [1.29, 1.82) is 0 Å². The van der Waals surface area contributed by atoms with Gasteiger partial charge >= 0.3 is 0 Å². The van der Waals surface area contributed by atoms with Crippen LogP contribution in [-0.2, 0) is 32.4 Å². The van der Waals surface area contributed by atoms with E-state index in [4.69, 9.17) is 9.47 Å². The summed E-state index contributed by atoms with van der Waals surface area (Å²) < 4.78 is 39.7. The molecule has 0 bridgehead atoms. The van der Waals surface area contributed by atoms with Gasteiger partial charge in [-0.3, -0.25) is 4.90 Å². The lowest BCUT2D eigenvalue weighted by atomic mass is 10.1. The molecule has 0 spiro atoms. The van der Waals surface area contributed by atoms with Crippen molar-refractivity contribution in [3.8, 4) is 0 Å². The molecule has 2 fully saturated rings. The molecule has 1 atom stereocenters. The minimum absolute atomic E-state index is 0.221. The second kappa shape index (κ2) is 10.9. The van der Waals surface area contributed by atoms with Crippen molar-refractivity contribution in [3.05, 3.63) is 11.9 Å². The fraction of sp³-hybridized carbons (Fsp3) is 0.857. The third-order valence-corrected chi connectivity index (χ3v) is 8.32. The van der Waals surface area contributed by atoms with Crippen LogP contribution in [-0.4, -0.2) is 68.1 Å². The highest BCUT2D eigenvalue weighted by atomic mass is 32.2. The fourth-order valence-electron chi connectivity index (χ4n) is 4.51. The Kier molecular flexibility index (Phi) is 8.53. The second-order valence-corrected chi connectivity index (χ2v) is 10.6. The number of sulfone groups is 1. The van der Waals surface area contributed by atoms with E-state index in [1.807, 2.05) is 4.57 Å². The number of aromatic nitrogens is 2. The van der Waals surface area contributed by atoms with E-state index < -0.39 is 9.84 Å². The molecule has 3 rings (SSSR count). The molecule has 1 saturated carbocycles. The van der Waals surface area contributed by atoms with Gasteiger partial charge in [-0.15, -0.1) is 0 Å². The van der Waals surface area contributed by atoms with Gasteiger partial charge < -0.3 is 14.0 Å². The number of nitrogens with zero attached hydrogens (tertiary/aromatic N) is 3. The zero-order valence-electron chi connectivity index (χ0n) is 18.0. The molecule has 166 valence electrons. The van der Waals surface area contributed by atoms with E-state index in [0.717, 1.165) is 70.2 Å². The molecule has 0 amide bonds. The lowest BCUT2D eigenvalue weighted by Crippen LogP contribution is -2.33. The lowest BCUT2D eigenvalue weighted by Gasteiger charge is -2.27. The monoisotopic (exact) mass is 427 g/mol. The summed E-state index contributed by atoms with van der Waals surface area (Å²) in [5.74, 6) is 0. The summed E-state index contributed by atoms with van der Waals surface area (Å²) in [6, 6.07) is 0. The zero-order chi connectivity index (χ0) is 20.7. The Morgan fingerprint density at radius 3 is 2.55 bits per heavy atom. The number of hydrogen-bond acceptors (Lipinski definition) is 6. The Hall–Kier alpha value is -0.960. The maximum atomic E-state index is 13.4. The van der Waals surface area contributed by atoms with Gasteiger partial charge in [0.15, 0.2) is 0 Å². The van der Waals surface area contributed by atoms with Crippen LogP contribution in [0.25, 0.3) is 0 Å². The molecule has 1 aliphatic carbocycles. The first-order valence-corrected chi connectivity index (χ1v) is 12.6. The Labute approximate surface area is 175 Å². The van der Waals surface area contributed by atoms with Crippen molar-refractivity contribution in [1.82, 2.24) is 14.5 Å². The van der Waals surface area contributed by atoms with Crippen molar-refractivity contribution in [3.63, 3.8) is 0 Å². The van der Waals surface area contributed by atoms with Crippen LogP contribution in [0.3, 0.4) is 0 Å². The molecule has 1 aromatic rings. The Morgan fingerprint density at radius 2 is 1.90 bits per heavy atom. The molecule has 1 unspecified atom stereocenters. The van der Waals surface area contributed by atoms with E-state index in [2.05, 4.69) is 16.9 Å². The summed E-state index contributed by atoms with van der Waals surface area (Å²) in [6.07, 6.45) is 11.2. The molecule has 1 aromatic heterocycles. The van der Waals surface area contributed by atoms with E-state index in [1.54, 1.807) is 13.3 Å². The maximum absolute atomic E-state index is 13.4. The second-order valence-electron chi connectivity index (χ2n) is 8.52. The van der Waals surface area contributed by atoms with Gasteiger partial charge in [-0.2, -0.15) is 0 Å². The predicted molar refractivity (Wildman–Crippen MR) is 113 cm³/mol. The van der Waals surface area contributed by atoms with E-state index in [0.29, 0.717) is 19.7 Å². The van der Waals surface area contributed by atoms with Gasteiger partial charge in [0.1, 0.15) is 0 Å². The predicted octanol–water partition coefficient (Wildman–Crippen LogP) is 3.03. The van der Waals surface area contributed by atoms with Crippen LogP contribution >= 0.6 is 0 Å².